The van der Waals surface area contributed by atoms with Gasteiger partial charge in [-0.1, -0.05) is 12.8 Å². The summed E-state index contributed by atoms with van der Waals surface area (Å²) < 4.78 is 0. The Morgan fingerprint density at radius 1 is 1.24 bits per heavy atom. The molecule has 3 heterocycles. The number of hydrogen-bond donors (Lipinski definition) is 1. The van der Waals surface area contributed by atoms with Crippen LogP contribution in [0.5, 0.6) is 0 Å². The number of nitrogens with one attached hydrogen (secondary N) is 1. The summed E-state index contributed by atoms with van der Waals surface area (Å²) in [6.45, 7) is 0. The number of nitrogens with zero attached hydrogens (tertiary/aromatic N) is 2. The van der Waals surface area contributed by atoms with Gasteiger partial charge in [-0.2, -0.15) is 22.0 Å². The summed E-state index contributed by atoms with van der Waals surface area (Å²) in [5.41, 5.74) is 3.77. The second-order valence-electron chi connectivity index (χ2n) is 7.27. The van der Waals surface area contributed by atoms with Crippen LogP contribution in [0, 0.1) is 10.8 Å². The first-order valence-corrected chi connectivity index (χ1v) is 9.10. The molecule has 0 radical (unpaired) electrons. The minimum Gasteiger partial charge on any atom is -0.362 e. The molecule has 0 aromatic carbocycles. The zero-order valence-electron chi connectivity index (χ0n) is 12.0. The fourth-order valence-electron chi connectivity index (χ4n) is 5.01. The summed E-state index contributed by atoms with van der Waals surface area (Å²) in [5, 5.41) is 12.1. The van der Waals surface area contributed by atoms with Crippen LogP contribution in [0.3, 0.4) is 0 Å². The van der Waals surface area contributed by atoms with Gasteiger partial charge in [0.2, 0.25) is 0 Å². The summed E-state index contributed by atoms with van der Waals surface area (Å²) in [5.74, 6) is 2.68. The zero-order valence-corrected chi connectivity index (χ0v) is 12.8. The Balaban J connectivity index is 1.66. The van der Waals surface area contributed by atoms with Crippen molar-refractivity contribution < 1.29 is 4.79 Å². The number of Topliss-reactive ketones (excluding diaryl/α,β-unsaturated/α-hetero) is 1. The molecule has 2 fully saturated rings. The molecule has 1 unspecified atom stereocenters. The number of hydrogen-bond acceptors (Lipinski definition) is 5. The third-order valence-corrected chi connectivity index (χ3v) is 7.59. The molecule has 5 aliphatic rings. The van der Waals surface area contributed by atoms with Gasteiger partial charge >= 0.3 is 0 Å². The Morgan fingerprint density at radius 3 is 2.76 bits per heavy atom. The maximum Gasteiger partial charge on any atom is 0.164 e. The largest absolute Gasteiger partial charge is 0.362 e. The van der Waals surface area contributed by atoms with Crippen LogP contribution in [0.25, 0.3) is 0 Å². The molecule has 0 aromatic rings. The van der Waals surface area contributed by atoms with Gasteiger partial charge in [-0.05, 0) is 19.3 Å². The number of ketones is 1. The number of carbonyl (C=O) groups is 1. The van der Waals surface area contributed by atoms with Crippen LogP contribution in [0.4, 0.5) is 0 Å². The van der Waals surface area contributed by atoms with Crippen molar-refractivity contribution in [2.75, 3.05) is 11.5 Å². The molecule has 0 bridgehead atoms. The van der Waals surface area contributed by atoms with Crippen LogP contribution < -0.4 is 5.32 Å². The third kappa shape index (κ3) is 1.50. The molecule has 1 saturated carbocycles. The number of fused-ring (bicyclic) bond motifs is 3. The van der Waals surface area contributed by atoms with Crippen LogP contribution in [0.2, 0.25) is 0 Å². The van der Waals surface area contributed by atoms with Gasteiger partial charge in [-0.3, -0.25) is 4.79 Å². The number of allylic oxidation sites excluding steroid dienone is 2. The van der Waals surface area contributed by atoms with Gasteiger partial charge in [-0.15, -0.1) is 0 Å². The fourth-order valence-corrected chi connectivity index (χ4v) is 6.20. The Labute approximate surface area is 128 Å². The lowest BCUT2D eigenvalue weighted by molar-refractivity contribution is -0.119. The first-order valence-electron chi connectivity index (χ1n) is 7.94. The highest BCUT2D eigenvalue weighted by molar-refractivity contribution is 8.00. The molecule has 2 aliphatic carbocycles. The Kier molecular flexibility index (Phi) is 2.37. The van der Waals surface area contributed by atoms with Crippen LogP contribution in [-0.2, 0) is 4.79 Å². The molecule has 5 rings (SSSR count). The molecule has 110 valence electrons. The van der Waals surface area contributed by atoms with Gasteiger partial charge in [0.1, 0.15) is 0 Å². The molecule has 4 nitrogen and oxygen atoms in total. The second-order valence-corrected chi connectivity index (χ2v) is 8.26. The molecule has 2 spiro atoms. The summed E-state index contributed by atoms with van der Waals surface area (Å²) in [7, 11) is 0. The van der Waals surface area contributed by atoms with Gasteiger partial charge < -0.3 is 5.32 Å². The van der Waals surface area contributed by atoms with Crippen molar-refractivity contribution in [2.24, 2.45) is 21.1 Å². The molecule has 1 N–H and O–H groups in total. The first kappa shape index (κ1) is 12.4. The highest BCUT2D eigenvalue weighted by atomic mass is 32.2. The zero-order chi connectivity index (χ0) is 14.1. The van der Waals surface area contributed by atoms with Crippen molar-refractivity contribution in [3.63, 3.8) is 0 Å². The summed E-state index contributed by atoms with van der Waals surface area (Å²) in [6, 6.07) is 0. The molecular weight excluding hydrogens is 282 g/mol. The Bertz CT molecular complexity index is 623. The first-order chi connectivity index (χ1) is 10.2. The van der Waals surface area contributed by atoms with Crippen LogP contribution in [0.15, 0.2) is 33.3 Å². The number of azo groups is 1. The highest BCUT2D eigenvalue weighted by Gasteiger charge is 2.56. The maximum absolute atomic E-state index is 13.0. The van der Waals surface area contributed by atoms with Gasteiger partial charge in [-0.25, -0.2) is 0 Å². The van der Waals surface area contributed by atoms with Crippen LogP contribution >= 0.6 is 11.8 Å². The molecular formula is C16H19N3OS. The van der Waals surface area contributed by atoms with E-state index in [1.165, 1.54) is 24.1 Å². The maximum atomic E-state index is 13.0. The normalized spacial score (nSPS) is 34.6. The third-order valence-electron chi connectivity index (χ3n) is 5.96. The van der Waals surface area contributed by atoms with Gasteiger partial charge in [0.15, 0.2) is 11.9 Å². The molecule has 21 heavy (non-hydrogen) atoms. The van der Waals surface area contributed by atoms with Gasteiger partial charge in [0, 0.05) is 45.6 Å². The van der Waals surface area contributed by atoms with E-state index in [9.17, 15) is 4.79 Å². The fraction of sp³-hybridized carbons (Fsp3) is 0.688. The monoisotopic (exact) mass is 301 g/mol. The lowest BCUT2D eigenvalue weighted by atomic mass is 9.61. The predicted octanol–water partition coefficient (Wildman–Crippen LogP) is 3.18. The van der Waals surface area contributed by atoms with E-state index in [0.29, 0.717) is 5.78 Å². The van der Waals surface area contributed by atoms with Crippen molar-refractivity contribution in [1.82, 2.24) is 5.32 Å². The van der Waals surface area contributed by atoms with Crippen LogP contribution in [-0.4, -0.2) is 23.5 Å². The van der Waals surface area contributed by atoms with Crippen molar-refractivity contribution >= 4 is 17.5 Å². The number of carbonyl (C=O) groups excluding carboxylic acids is 1. The Hall–Kier alpha value is -1.10. The quantitative estimate of drug-likeness (QED) is 0.747. The van der Waals surface area contributed by atoms with Crippen molar-refractivity contribution in [1.29, 1.82) is 0 Å². The predicted molar refractivity (Wildman–Crippen MR) is 81.8 cm³/mol. The minimum absolute atomic E-state index is 0.00229. The summed E-state index contributed by atoms with van der Waals surface area (Å²) >= 11 is 1.97. The van der Waals surface area contributed by atoms with Gasteiger partial charge in [0.05, 0.1) is 6.20 Å². The van der Waals surface area contributed by atoms with E-state index >= 15 is 0 Å². The standard InChI is InChI=1S/C16H19N3OS/c20-12-6-15(8-21-9-15)5-11-13(12)16(3-1-2-4-16)10-7-17-19-14(10)18-11/h7,14,18H,1-6,8-9H2. The average molecular weight is 301 g/mol. The van der Waals surface area contributed by atoms with Crippen LogP contribution in [0.1, 0.15) is 38.5 Å². The molecule has 1 atom stereocenters. The Morgan fingerprint density at radius 2 is 2.05 bits per heavy atom. The molecule has 5 heteroatoms. The minimum atomic E-state index is -0.0374. The van der Waals surface area contributed by atoms with E-state index in [-0.39, 0.29) is 17.0 Å². The molecule has 1 saturated heterocycles. The average Bonchev–Trinajstić information content (AvgIpc) is 3.06. The van der Waals surface area contributed by atoms with Crippen molar-refractivity contribution in [3.05, 3.63) is 23.0 Å². The second kappa shape index (κ2) is 4.00. The summed E-state index contributed by atoms with van der Waals surface area (Å²) in [6.07, 6.45) is 8.37. The van der Waals surface area contributed by atoms with E-state index < -0.39 is 0 Å². The van der Waals surface area contributed by atoms with E-state index in [4.69, 9.17) is 0 Å². The topological polar surface area (TPSA) is 53.8 Å². The summed E-state index contributed by atoms with van der Waals surface area (Å²) in [4.78, 5) is 13.0. The van der Waals surface area contributed by atoms with E-state index in [0.717, 1.165) is 42.8 Å². The van der Waals surface area contributed by atoms with E-state index in [1.807, 2.05) is 18.0 Å². The van der Waals surface area contributed by atoms with E-state index in [2.05, 4.69) is 15.5 Å². The lowest BCUT2D eigenvalue weighted by Crippen LogP contribution is -2.52. The lowest BCUT2D eigenvalue weighted by Gasteiger charge is -2.50. The number of rotatable bonds is 0. The number of thioether (sulfide) groups is 1. The van der Waals surface area contributed by atoms with Gasteiger partial charge in [0.25, 0.3) is 0 Å². The smallest absolute Gasteiger partial charge is 0.164 e. The molecule has 0 amide bonds. The SMILES string of the molecule is O=C1CC2(CSC2)CC2=C1C1(CCCC1)C1=CN=NC1N2. The van der Waals surface area contributed by atoms with E-state index in [1.54, 1.807) is 0 Å². The highest BCUT2D eigenvalue weighted by Crippen LogP contribution is 2.59. The molecule has 3 aliphatic heterocycles. The van der Waals surface area contributed by atoms with Crippen molar-refractivity contribution in [3.8, 4) is 0 Å². The molecule has 0 aromatic heterocycles. The van der Waals surface area contributed by atoms with Crippen molar-refractivity contribution in [2.45, 2.75) is 44.7 Å².